The summed E-state index contributed by atoms with van der Waals surface area (Å²) in [7, 11) is 4.86. The molecular weight excluding hydrogens is 432 g/mol. The number of aromatic nitrogens is 3. The zero-order valence-corrected chi connectivity index (χ0v) is 20.0. The molecule has 0 fully saturated rings. The van der Waals surface area contributed by atoms with Gasteiger partial charge >= 0.3 is 0 Å². The van der Waals surface area contributed by atoms with Gasteiger partial charge in [0.05, 0.1) is 26.9 Å². The van der Waals surface area contributed by atoms with Crippen LogP contribution in [0.15, 0.2) is 53.7 Å². The van der Waals surface area contributed by atoms with E-state index in [-0.39, 0.29) is 11.2 Å². The number of methoxy groups -OCH3 is 3. The number of allylic oxidation sites excluding steroid dienone is 2. The fraction of sp³-hybridized carbons (Fsp3) is 0.346. The van der Waals surface area contributed by atoms with E-state index in [0.717, 1.165) is 23.2 Å². The lowest BCUT2D eigenvalue weighted by Gasteiger charge is -2.38. The van der Waals surface area contributed by atoms with Gasteiger partial charge in [0.25, 0.3) is 0 Å². The van der Waals surface area contributed by atoms with Crippen LogP contribution >= 0.6 is 0 Å². The van der Waals surface area contributed by atoms with Crippen molar-refractivity contribution >= 4 is 11.7 Å². The van der Waals surface area contributed by atoms with Crippen molar-refractivity contribution < 1.29 is 19.0 Å². The number of benzene rings is 2. The van der Waals surface area contributed by atoms with Gasteiger partial charge in [-0.1, -0.05) is 26.0 Å². The number of hydrogen-bond acceptors (Lipinski definition) is 7. The van der Waals surface area contributed by atoms with Crippen molar-refractivity contribution in [3.63, 3.8) is 0 Å². The molecule has 1 N–H and O–H groups in total. The number of carbonyl (C=O) groups excluding carboxylic acids is 1. The third-order valence-electron chi connectivity index (χ3n) is 6.41. The lowest BCUT2D eigenvalue weighted by atomic mass is 9.73. The highest BCUT2D eigenvalue weighted by Crippen LogP contribution is 2.48. The summed E-state index contributed by atoms with van der Waals surface area (Å²) in [4.78, 5) is 18.3. The highest BCUT2D eigenvalue weighted by Gasteiger charge is 2.43. The summed E-state index contributed by atoms with van der Waals surface area (Å²) in [6.07, 6.45) is 1.19. The molecule has 0 amide bonds. The van der Waals surface area contributed by atoms with E-state index < -0.39 is 6.04 Å². The van der Waals surface area contributed by atoms with Crippen LogP contribution in [0.3, 0.4) is 0 Å². The maximum absolute atomic E-state index is 13.5. The van der Waals surface area contributed by atoms with E-state index in [1.54, 1.807) is 26.0 Å². The number of carbonyl (C=O) groups is 1. The summed E-state index contributed by atoms with van der Waals surface area (Å²) in [6, 6.07) is 12.7. The van der Waals surface area contributed by atoms with Crippen LogP contribution in [-0.2, 0) is 4.79 Å². The fourth-order valence-corrected chi connectivity index (χ4v) is 4.89. The summed E-state index contributed by atoms with van der Waals surface area (Å²) in [5.41, 5.74) is 2.98. The number of Topliss-reactive ketones (excluding diaryl/α,β-unsaturated/α-hetero) is 1. The number of ketones is 1. The highest BCUT2D eigenvalue weighted by atomic mass is 16.5. The number of nitrogens with zero attached hydrogens (tertiary/aromatic N) is 3. The Morgan fingerprint density at radius 3 is 2.50 bits per heavy atom. The Morgan fingerprint density at radius 2 is 1.76 bits per heavy atom. The third kappa shape index (κ3) is 3.59. The van der Waals surface area contributed by atoms with Gasteiger partial charge in [-0.15, -0.1) is 5.10 Å². The molecule has 8 nitrogen and oxygen atoms in total. The number of hydrogen-bond donors (Lipinski definition) is 1. The Labute approximate surface area is 198 Å². The second-order valence-corrected chi connectivity index (χ2v) is 9.37. The van der Waals surface area contributed by atoms with Crippen LogP contribution in [0.5, 0.6) is 17.2 Å². The van der Waals surface area contributed by atoms with E-state index in [1.807, 2.05) is 42.5 Å². The van der Waals surface area contributed by atoms with E-state index in [0.29, 0.717) is 41.0 Å². The average molecular weight is 461 g/mol. The van der Waals surface area contributed by atoms with E-state index >= 15 is 0 Å². The summed E-state index contributed by atoms with van der Waals surface area (Å²) in [6.45, 7) is 4.22. The molecule has 0 radical (unpaired) electrons. The topological polar surface area (TPSA) is 87.5 Å². The van der Waals surface area contributed by atoms with Crippen molar-refractivity contribution in [1.29, 1.82) is 0 Å². The van der Waals surface area contributed by atoms with E-state index in [1.165, 1.54) is 0 Å². The first-order valence-corrected chi connectivity index (χ1v) is 11.2. The van der Waals surface area contributed by atoms with Crippen molar-refractivity contribution in [2.24, 2.45) is 5.41 Å². The van der Waals surface area contributed by atoms with Gasteiger partial charge in [0.2, 0.25) is 5.95 Å². The Bertz CT molecular complexity index is 1310. The monoisotopic (exact) mass is 460 g/mol. The minimum atomic E-state index is -0.504. The van der Waals surface area contributed by atoms with Crippen LogP contribution in [0.1, 0.15) is 38.3 Å². The van der Waals surface area contributed by atoms with Gasteiger partial charge in [0.1, 0.15) is 23.3 Å². The van der Waals surface area contributed by atoms with Crippen LogP contribution in [0.4, 0.5) is 5.95 Å². The number of ether oxygens (including phenoxy) is 3. The molecule has 2 aliphatic rings. The number of fused-ring (bicyclic) bond motifs is 1. The SMILES string of the molecule is COc1ccc(OC)c(C2C3=C(CC(C)(C)CC3=O)Nc3nc(-c4ccccc4OC)nn32)c1. The quantitative estimate of drug-likeness (QED) is 0.594. The molecule has 1 unspecified atom stereocenters. The molecule has 5 rings (SSSR count). The Balaban J connectivity index is 1.74. The number of para-hydroxylation sites is 1. The largest absolute Gasteiger partial charge is 0.497 e. The van der Waals surface area contributed by atoms with E-state index in [2.05, 4.69) is 19.2 Å². The first kappa shape index (κ1) is 22.0. The summed E-state index contributed by atoms with van der Waals surface area (Å²) in [5.74, 6) is 3.17. The van der Waals surface area contributed by atoms with Gasteiger partial charge in [-0.25, -0.2) is 4.68 Å². The van der Waals surface area contributed by atoms with Crippen LogP contribution < -0.4 is 19.5 Å². The average Bonchev–Trinajstić information content (AvgIpc) is 3.25. The predicted octanol–water partition coefficient (Wildman–Crippen LogP) is 4.63. The van der Waals surface area contributed by atoms with Gasteiger partial charge in [-0.3, -0.25) is 4.79 Å². The van der Waals surface area contributed by atoms with Crippen LogP contribution in [-0.4, -0.2) is 41.9 Å². The standard InChI is InChI=1S/C26H28N4O4/c1-26(2)13-18-22(19(31)14-26)23(17-12-15(32-3)10-11-21(17)34-5)30-25(27-18)28-24(29-30)16-8-6-7-9-20(16)33-4/h6-12,23H,13-14H2,1-5H3,(H,27,28,29). The number of anilines is 1. The molecular formula is C26H28N4O4. The lowest BCUT2D eigenvalue weighted by Crippen LogP contribution is -2.36. The van der Waals surface area contributed by atoms with Gasteiger partial charge in [-0.05, 0) is 42.2 Å². The summed E-state index contributed by atoms with van der Waals surface area (Å²) in [5, 5.41) is 8.27. The molecule has 1 aliphatic heterocycles. The van der Waals surface area contributed by atoms with Gasteiger partial charge in [0, 0.05) is 23.3 Å². The second kappa shape index (κ2) is 8.20. The van der Waals surface area contributed by atoms with Crippen LogP contribution in [0.25, 0.3) is 11.4 Å². The van der Waals surface area contributed by atoms with Crippen molar-refractivity contribution in [1.82, 2.24) is 14.8 Å². The molecule has 0 bridgehead atoms. The molecule has 0 spiro atoms. The maximum Gasteiger partial charge on any atom is 0.226 e. The van der Waals surface area contributed by atoms with Crippen molar-refractivity contribution in [3.8, 4) is 28.6 Å². The highest BCUT2D eigenvalue weighted by molar-refractivity contribution is 6.00. The first-order valence-electron chi connectivity index (χ1n) is 11.2. The Hall–Kier alpha value is -3.81. The van der Waals surface area contributed by atoms with Gasteiger partial charge < -0.3 is 19.5 Å². The Morgan fingerprint density at radius 1 is 1.00 bits per heavy atom. The normalized spacial score (nSPS) is 18.6. The minimum Gasteiger partial charge on any atom is -0.497 e. The van der Waals surface area contributed by atoms with Crippen LogP contribution in [0, 0.1) is 5.41 Å². The van der Waals surface area contributed by atoms with E-state index in [4.69, 9.17) is 24.3 Å². The molecule has 1 aliphatic carbocycles. The number of nitrogens with one attached hydrogen (secondary N) is 1. The zero-order valence-electron chi connectivity index (χ0n) is 20.0. The Kier molecular flexibility index (Phi) is 5.31. The molecule has 8 heteroatoms. The van der Waals surface area contributed by atoms with Crippen molar-refractivity contribution in [3.05, 3.63) is 59.3 Å². The lowest BCUT2D eigenvalue weighted by molar-refractivity contribution is -0.118. The zero-order chi connectivity index (χ0) is 24.0. The second-order valence-electron chi connectivity index (χ2n) is 9.37. The number of rotatable bonds is 5. The molecule has 1 aromatic heterocycles. The molecule has 2 aromatic carbocycles. The van der Waals surface area contributed by atoms with E-state index in [9.17, 15) is 4.79 Å². The molecule has 1 atom stereocenters. The molecule has 2 heterocycles. The summed E-state index contributed by atoms with van der Waals surface area (Å²) < 4.78 is 18.5. The first-order chi connectivity index (χ1) is 16.3. The van der Waals surface area contributed by atoms with Gasteiger partial charge in [0.15, 0.2) is 11.6 Å². The smallest absolute Gasteiger partial charge is 0.226 e. The van der Waals surface area contributed by atoms with Crippen LogP contribution in [0.2, 0.25) is 0 Å². The maximum atomic E-state index is 13.5. The third-order valence-corrected chi connectivity index (χ3v) is 6.41. The predicted molar refractivity (Wildman–Crippen MR) is 128 cm³/mol. The fourth-order valence-electron chi connectivity index (χ4n) is 4.89. The van der Waals surface area contributed by atoms with Crippen molar-refractivity contribution in [2.45, 2.75) is 32.7 Å². The molecule has 34 heavy (non-hydrogen) atoms. The summed E-state index contributed by atoms with van der Waals surface area (Å²) >= 11 is 0. The minimum absolute atomic E-state index is 0.0913. The molecule has 3 aromatic rings. The van der Waals surface area contributed by atoms with Gasteiger partial charge in [-0.2, -0.15) is 4.98 Å². The molecule has 0 saturated carbocycles. The van der Waals surface area contributed by atoms with Crippen molar-refractivity contribution in [2.75, 3.05) is 26.6 Å². The molecule has 176 valence electrons. The molecule has 0 saturated heterocycles.